The monoisotopic (exact) mass is 358 g/mol. The van der Waals surface area contributed by atoms with Gasteiger partial charge in [0.1, 0.15) is 17.4 Å². The Kier molecular flexibility index (Phi) is 5.46. The summed E-state index contributed by atoms with van der Waals surface area (Å²) in [7, 11) is 0. The Bertz CT molecular complexity index is 821. The predicted octanol–water partition coefficient (Wildman–Crippen LogP) is 4.31. The van der Waals surface area contributed by atoms with Crippen LogP contribution in [0.15, 0.2) is 60.1 Å². The number of nitrogens with one attached hydrogen (secondary N) is 1. The molecule has 0 atom stereocenters. The lowest BCUT2D eigenvalue weighted by molar-refractivity contribution is 0.0946. The first kappa shape index (κ1) is 16.5. The SMILES string of the molecule is O=C(NCc1nccs1)c1ccccc1OCc1ccccc1Cl. The summed E-state index contributed by atoms with van der Waals surface area (Å²) in [5.74, 6) is 0.328. The summed E-state index contributed by atoms with van der Waals surface area (Å²) in [6.07, 6.45) is 1.72. The van der Waals surface area contributed by atoms with Crippen LogP contribution in [0.5, 0.6) is 5.75 Å². The van der Waals surface area contributed by atoms with Gasteiger partial charge in [-0.15, -0.1) is 11.3 Å². The summed E-state index contributed by atoms with van der Waals surface area (Å²) in [5.41, 5.74) is 1.36. The van der Waals surface area contributed by atoms with Gasteiger partial charge in [0, 0.05) is 22.2 Å². The van der Waals surface area contributed by atoms with Crippen LogP contribution in [0.2, 0.25) is 5.02 Å². The maximum Gasteiger partial charge on any atom is 0.255 e. The van der Waals surface area contributed by atoms with Gasteiger partial charge in [-0.05, 0) is 18.2 Å². The summed E-state index contributed by atoms with van der Waals surface area (Å²) in [6.45, 7) is 0.700. The Morgan fingerprint density at radius 1 is 1.17 bits per heavy atom. The van der Waals surface area contributed by atoms with Gasteiger partial charge in [-0.3, -0.25) is 4.79 Å². The van der Waals surface area contributed by atoms with E-state index in [-0.39, 0.29) is 5.91 Å². The summed E-state index contributed by atoms with van der Waals surface area (Å²) < 4.78 is 5.80. The molecule has 24 heavy (non-hydrogen) atoms. The minimum Gasteiger partial charge on any atom is -0.488 e. The number of aromatic nitrogens is 1. The molecule has 0 radical (unpaired) electrons. The number of para-hydroxylation sites is 1. The molecule has 122 valence electrons. The largest absolute Gasteiger partial charge is 0.488 e. The number of rotatable bonds is 6. The smallest absolute Gasteiger partial charge is 0.255 e. The minimum absolute atomic E-state index is 0.194. The van der Waals surface area contributed by atoms with E-state index in [9.17, 15) is 4.79 Å². The molecule has 1 N–H and O–H groups in total. The van der Waals surface area contributed by atoms with Crippen LogP contribution in [0.1, 0.15) is 20.9 Å². The maximum absolute atomic E-state index is 12.4. The molecule has 0 fully saturated rings. The van der Waals surface area contributed by atoms with E-state index in [0.29, 0.717) is 29.5 Å². The van der Waals surface area contributed by atoms with Crippen molar-refractivity contribution < 1.29 is 9.53 Å². The molecule has 0 bridgehead atoms. The Balaban J connectivity index is 1.68. The molecule has 2 aromatic carbocycles. The van der Waals surface area contributed by atoms with Gasteiger partial charge in [0.05, 0.1) is 12.1 Å². The van der Waals surface area contributed by atoms with Crippen molar-refractivity contribution in [1.29, 1.82) is 0 Å². The normalized spacial score (nSPS) is 10.4. The van der Waals surface area contributed by atoms with Crippen LogP contribution in [-0.4, -0.2) is 10.9 Å². The highest BCUT2D eigenvalue weighted by Gasteiger charge is 2.13. The molecule has 0 aliphatic carbocycles. The Morgan fingerprint density at radius 3 is 2.75 bits per heavy atom. The average molecular weight is 359 g/mol. The molecule has 3 aromatic rings. The highest BCUT2D eigenvalue weighted by atomic mass is 35.5. The molecule has 0 aliphatic heterocycles. The van der Waals surface area contributed by atoms with Crippen molar-refractivity contribution in [3.63, 3.8) is 0 Å². The molecule has 3 rings (SSSR count). The molecular weight excluding hydrogens is 344 g/mol. The molecule has 0 spiro atoms. The zero-order chi connectivity index (χ0) is 16.8. The van der Waals surface area contributed by atoms with E-state index in [2.05, 4.69) is 10.3 Å². The molecule has 1 aromatic heterocycles. The van der Waals surface area contributed by atoms with Crippen LogP contribution >= 0.6 is 22.9 Å². The van der Waals surface area contributed by atoms with E-state index in [1.54, 1.807) is 24.4 Å². The Morgan fingerprint density at radius 2 is 1.96 bits per heavy atom. The van der Waals surface area contributed by atoms with Gasteiger partial charge in [0.15, 0.2) is 0 Å². The van der Waals surface area contributed by atoms with Gasteiger partial charge in [-0.1, -0.05) is 41.9 Å². The van der Waals surface area contributed by atoms with E-state index in [1.165, 1.54) is 11.3 Å². The van der Waals surface area contributed by atoms with Crippen molar-refractivity contribution in [2.24, 2.45) is 0 Å². The molecule has 6 heteroatoms. The number of ether oxygens (including phenoxy) is 1. The fourth-order valence-corrected chi connectivity index (χ4v) is 2.89. The van der Waals surface area contributed by atoms with Crippen molar-refractivity contribution in [3.05, 3.63) is 81.3 Å². The Labute approximate surface area is 149 Å². The Hall–Kier alpha value is -2.37. The van der Waals surface area contributed by atoms with Crippen LogP contribution in [-0.2, 0) is 13.2 Å². The first-order valence-electron chi connectivity index (χ1n) is 7.36. The van der Waals surface area contributed by atoms with E-state index in [4.69, 9.17) is 16.3 Å². The van der Waals surface area contributed by atoms with Gasteiger partial charge in [-0.2, -0.15) is 0 Å². The van der Waals surface area contributed by atoms with Crippen LogP contribution < -0.4 is 10.1 Å². The van der Waals surface area contributed by atoms with Crippen LogP contribution in [0.25, 0.3) is 0 Å². The zero-order valence-corrected chi connectivity index (χ0v) is 14.3. The number of thiazole rings is 1. The van der Waals surface area contributed by atoms with Crippen LogP contribution in [0.3, 0.4) is 0 Å². The molecule has 0 saturated carbocycles. The molecule has 0 unspecified atom stereocenters. The third-order valence-corrected chi connectivity index (χ3v) is 4.50. The summed E-state index contributed by atoms with van der Waals surface area (Å²) >= 11 is 7.64. The third-order valence-electron chi connectivity index (χ3n) is 3.36. The second kappa shape index (κ2) is 7.95. The van der Waals surface area contributed by atoms with Gasteiger partial charge in [0.2, 0.25) is 0 Å². The average Bonchev–Trinajstić information content (AvgIpc) is 3.13. The molecule has 0 saturated heterocycles. The predicted molar refractivity (Wildman–Crippen MR) is 95.5 cm³/mol. The third kappa shape index (κ3) is 4.13. The zero-order valence-electron chi connectivity index (χ0n) is 12.7. The molecule has 1 amide bonds. The lowest BCUT2D eigenvalue weighted by atomic mass is 10.2. The quantitative estimate of drug-likeness (QED) is 0.714. The number of benzene rings is 2. The number of hydrogen-bond donors (Lipinski definition) is 1. The molecule has 1 heterocycles. The van der Waals surface area contributed by atoms with Gasteiger partial charge < -0.3 is 10.1 Å². The van der Waals surface area contributed by atoms with E-state index in [1.807, 2.05) is 35.7 Å². The van der Waals surface area contributed by atoms with Crippen LogP contribution in [0, 0.1) is 0 Å². The minimum atomic E-state index is -0.194. The first-order valence-corrected chi connectivity index (χ1v) is 8.61. The summed E-state index contributed by atoms with van der Waals surface area (Å²) in [5, 5.41) is 6.23. The summed E-state index contributed by atoms with van der Waals surface area (Å²) in [6, 6.07) is 14.6. The van der Waals surface area contributed by atoms with Crippen molar-refractivity contribution >= 4 is 28.8 Å². The number of carbonyl (C=O) groups is 1. The van der Waals surface area contributed by atoms with Crippen molar-refractivity contribution in [2.45, 2.75) is 13.2 Å². The lowest BCUT2D eigenvalue weighted by Gasteiger charge is -2.12. The topological polar surface area (TPSA) is 51.2 Å². The van der Waals surface area contributed by atoms with Gasteiger partial charge in [0.25, 0.3) is 5.91 Å². The number of nitrogens with zero attached hydrogens (tertiary/aromatic N) is 1. The standard InChI is InChI=1S/C18H15ClN2O2S/c19-15-7-3-1-5-13(15)12-23-16-8-4-2-6-14(16)18(22)21-11-17-20-9-10-24-17/h1-10H,11-12H2,(H,21,22). The van der Waals surface area contributed by atoms with Gasteiger partial charge >= 0.3 is 0 Å². The highest BCUT2D eigenvalue weighted by molar-refractivity contribution is 7.09. The second-order valence-electron chi connectivity index (χ2n) is 4.98. The summed E-state index contributed by atoms with van der Waals surface area (Å²) in [4.78, 5) is 16.5. The number of carbonyl (C=O) groups excluding carboxylic acids is 1. The molecule has 0 aliphatic rings. The fraction of sp³-hybridized carbons (Fsp3) is 0.111. The van der Waals surface area contributed by atoms with Crippen molar-refractivity contribution in [2.75, 3.05) is 0 Å². The number of amides is 1. The fourth-order valence-electron chi connectivity index (χ4n) is 2.14. The van der Waals surface area contributed by atoms with E-state index in [0.717, 1.165) is 10.6 Å². The molecule has 4 nitrogen and oxygen atoms in total. The van der Waals surface area contributed by atoms with E-state index < -0.39 is 0 Å². The second-order valence-corrected chi connectivity index (χ2v) is 6.37. The first-order chi connectivity index (χ1) is 11.7. The maximum atomic E-state index is 12.4. The highest BCUT2D eigenvalue weighted by Crippen LogP contribution is 2.22. The van der Waals surface area contributed by atoms with Gasteiger partial charge in [-0.25, -0.2) is 4.98 Å². The number of halogens is 1. The number of hydrogen-bond acceptors (Lipinski definition) is 4. The van der Waals surface area contributed by atoms with Crippen LogP contribution in [0.4, 0.5) is 0 Å². The molecular formula is C18H15ClN2O2S. The van der Waals surface area contributed by atoms with E-state index >= 15 is 0 Å². The van der Waals surface area contributed by atoms with Crippen molar-refractivity contribution in [3.8, 4) is 5.75 Å². The van der Waals surface area contributed by atoms with Crippen molar-refractivity contribution in [1.82, 2.24) is 10.3 Å². The lowest BCUT2D eigenvalue weighted by Crippen LogP contribution is -2.23.